The molecule has 4 rings (SSSR count). The highest BCUT2D eigenvalue weighted by molar-refractivity contribution is 6.42. The molecule has 1 aliphatic heterocycles. The molecule has 2 amide bonds. The van der Waals surface area contributed by atoms with Gasteiger partial charge in [-0.25, -0.2) is 0 Å². The molecule has 0 bridgehead atoms. The summed E-state index contributed by atoms with van der Waals surface area (Å²) in [6.07, 6.45) is 0.514. The minimum absolute atomic E-state index is 0.168. The number of hydrogen-bond acceptors (Lipinski definition) is 4. The van der Waals surface area contributed by atoms with Crippen molar-refractivity contribution in [1.82, 2.24) is 4.90 Å². The van der Waals surface area contributed by atoms with Gasteiger partial charge in [-0.15, -0.1) is 0 Å². The highest BCUT2D eigenvalue weighted by atomic mass is 35.5. The van der Waals surface area contributed by atoms with E-state index in [1.807, 2.05) is 36.1 Å². The zero-order chi connectivity index (χ0) is 22.7. The van der Waals surface area contributed by atoms with Crippen molar-refractivity contribution in [3.63, 3.8) is 0 Å². The molecule has 0 aliphatic carbocycles. The van der Waals surface area contributed by atoms with Gasteiger partial charge in [-0.2, -0.15) is 0 Å². The van der Waals surface area contributed by atoms with Gasteiger partial charge in [0.15, 0.2) is 5.76 Å². The largest absolute Gasteiger partial charge is 0.451 e. The second kappa shape index (κ2) is 9.67. The molecule has 6 nitrogen and oxygen atoms in total. The topological polar surface area (TPSA) is 65.8 Å². The molecule has 1 N–H and O–H groups in total. The van der Waals surface area contributed by atoms with Gasteiger partial charge in [0.25, 0.3) is 5.91 Å². The molecular formula is C24H23Cl2N3O3. The minimum Gasteiger partial charge on any atom is -0.451 e. The molecule has 8 heteroatoms. The van der Waals surface area contributed by atoms with Crippen LogP contribution in [0.4, 0.5) is 11.4 Å². The van der Waals surface area contributed by atoms with Crippen LogP contribution in [0.5, 0.6) is 0 Å². The Morgan fingerprint density at radius 3 is 2.44 bits per heavy atom. The molecule has 1 fully saturated rings. The lowest BCUT2D eigenvalue weighted by molar-refractivity contribution is -0.131. The van der Waals surface area contributed by atoms with Gasteiger partial charge in [-0.05, 0) is 42.5 Å². The summed E-state index contributed by atoms with van der Waals surface area (Å²) in [4.78, 5) is 28.9. The number of nitrogens with zero attached hydrogens (tertiary/aromatic N) is 2. The summed E-state index contributed by atoms with van der Waals surface area (Å²) in [7, 11) is 0. The Balaban J connectivity index is 1.47. The Morgan fingerprint density at radius 2 is 1.72 bits per heavy atom. The Kier molecular flexibility index (Phi) is 6.72. The molecule has 0 spiro atoms. The number of rotatable bonds is 5. The molecule has 0 saturated carbocycles. The quantitative estimate of drug-likeness (QED) is 0.528. The van der Waals surface area contributed by atoms with Crippen LogP contribution in [-0.4, -0.2) is 42.9 Å². The average Bonchev–Trinajstić information content (AvgIpc) is 3.31. The smallest absolute Gasteiger partial charge is 0.291 e. The Labute approximate surface area is 196 Å². The van der Waals surface area contributed by atoms with Crippen LogP contribution in [-0.2, 0) is 4.79 Å². The van der Waals surface area contributed by atoms with Crippen LogP contribution in [0.15, 0.2) is 59.0 Å². The third-order valence-corrected chi connectivity index (χ3v) is 6.20. The van der Waals surface area contributed by atoms with Crippen LogP contribution >= 0.6 is 23.2 Å². The van der Waals surface area contributed by atoms with Gasteiger partial charge in [0.05, 0.1) is 21.4 Å². The van der Waals surface area contributed by atoms with Crippen molar-refractivity contribution in [3.05, 3.63) is 70.4 Å². The summed E-state index contributed by atoms with van der Waals surface area (Å²) >= 11 is 12.1. The zero-order valence-electron chi connectivity index (χ0n) is 17.6. The first kappa shape index (κ1) is 22.2. The molecule has 1 aliphatic rings. The first-order valence-corrected chi connectivity index (χ1v) is 11.2. The van der Waals surface area contributed by atoms with Crippen molar-refractivity contribution >= 4 is 46.4 Å². The summed E-state index contributed by atoms with van der Waals surface area (Å²) < 4.78 is 5.77. The number of furan rings is 1. The molecule has 3 aromatic rings. The fraction of sp³-hybridized carbons (Fsp3) is 0.250. The van der Waals surface area contributed by atoms with E-state index in [1.54, 1.807) is 30.3 Å². The van der Waals surface area contributed by atoms with Gasteiger partial charge in [0.2, 0.25) is 5.91 Å². The monoisotopic (exact) mass is 471 g/mol. The number of para-hydroxylation sites is 2. The van der Waals surface area contributed by atoms with Crippen LogP contribution < -0.4 is 10.2 Å². The van der Waals surface area contributed by atoms with E-state index in [1.165, 1.54) is 0 Å². The van der Waals surface area contributed by atoms with Gasteiger partial charge in [0.1, 0.15) is 5.76 Å². The predicted octanol–water partition coefficient (Wildman–Crippen LogP) is 5.56. The second-order valence-corrected chi connectivity index (χ2v) is 8.30. The van der Waals surface area contributed by atoms with Crippen LogP contribution in [0, 0.1) is 0 Å². The molecule has 2 aromatic carbocycles. The van der Waals surface area contributed by atoms with Gasteiger partial charge in [-0.3, -0.25) is 9.59 Å². The van der Waals surface area contributed by atoms with Crippen molar-refractivity contribution in [2.75, 3.05) is 36.4 Å². The summed E-state index contributed by atoms with van der Waals surface area (Å²) in [6.45, 7) is 4.63. The lowest BCUT2D eigenvalue weighted by Gasteiger charge is -2.36. The minimum atomic E-state index is -0.344. The van der Waals surface area contributed by atoms with Crippen LogP contribution in [0.3, 0.4) is 0 Å². The molecular weight excluding hydrogens is 449 g/mol. The van der Waals surface area contributed by atoms with E-state index in [0.717, 1.165) is 11.3 Å². The van der Waals surface area contributed by atoms with E-state index < -0.39 is 0 Å². The number of hydrogen-bond donors (Lipinski definition) is 1. The van der Waals surface area contributed by atoms with Crippen molar-refractivity contribution in [2.24, 2.45) is 0 Å². The van der Waals surface area contributed by atoms with Crippen molar-refractivity contribution in [3.8, 4) is 11.3 Å². The van der Waals surface area contributed by atoms with E-state index in [2.05, 4.69) is 10.2 Å². The lowest BCUT2D eigenvalue weighted by atomic mass is 10.2. The van der Waals surface area contributed by atoms with E-state index >= 15 is 0 Å². The van der Waals surface area contributed by atoms with E-state index in [0.29, 0.717) is 54.1 Å². The number of carbonyl (C=O) groups is 2. The molecule has 2 heterocycles. The maximum atomic E-state index is 12.9. The summed E-state index contributed by atoms with van der Waals surface area (Å²) in [6, 6.07) is 16.2. The lowest BCUT2D eigenvalue weighted by Crippen LogP contribution is -2.48. The standard InChI is InChI=1S/C24H23Cl2N3O3/c1-2-23(30)29-13-11-28(12-14-29)20-6-4-3-5-19(20)27-24(31)22-10-9-21(32-22)16-7-8-17(25)18(26)15-16/h3-10,15H,2,11-14H2,1H3,(H,27,31). The molecule has 1 aromatic heterocycles. The maximum absolute atomic E-state index is 12.9. The second-order valence-electron chi connectivity index (χ2n) is 7.49. The van der Waals surface area contributed by atoms with Gasteiger partial charge < -0.3 is 19.5 Å². The van der Waals surface area contributed by atoms with Crippen LogP contribution in [0.2, 0.25) is 10.0 Å². The van der Waals surface area contributed by atoms with E-state index in [4.69, 9.17) is 27.6 Å². The third kappa shape index (κ3) is 4.76. The number of amides is 2. The third-order valence-electron chi connectivity index (χ3n) is 5.46. The fourth-order valence-corrected chi connectivity index (χ4v) is 4.02. The fourth-order valence-electron chi connectivity index (χ4n) is 3.72. The first-order valence-electron chi connectivity index (χ1n) is 10.4. The van der Waals surface area contributed by atoms with E-state index in [-0.39, 0.29) is 17.6 Å². The first-order chi connectivity index (χ1) is 15.5. The number of nitrogens with one attached hydrogen (secondary N) is 1. The highest BCUT2D eigenvalue weighted by Crippen LogP contribution is 2.31. The Bertz CT molecular complexity index is 1140. The van der Waals surface area contributed by atoms with Gasteiger partial charge >= 0.3 is 0 Å². The Morgan fingerprint density at radius 1 is 0.969 bits per heavy atom. The molecule has 0 unspecified atom stereocenters. The number of carbonyl (C=O) groups excluding carboxylic acids is 2. The van der Waals surface area contributed by atoms with Crippen LogP contribution in [0.25, 0.3) is 11.3 Å². The average molecular weight is 472 g/mol. The summed E-state index contributed by atoms with van der Waals surface area (Å²) in [5.74, 6) is 0.545. The number of piperazine rings is 1. The summed E-state index contributed by atoms with van der Waals surface area (Å²) in [5, 5.41) is 3.83. The Hall–Kier alpha value is -2.96. The van der Waals surface area contributed by atoms with Crippen LogP contribution in [0.1, 0.15) is 23.9 Å². The van der Waals surface area contributed by atoms with Crippen molar-refractivity contribution < 1.29 is 14.0 Å². The SMILES string of the molecule is CCC(=O)N1CCN(c2ccccc2NC(=O)c2ccc(-c3ccc(Cl)c(Cl)c3)o2)CC1. The number of halogens is 2. The molecule has 0 radical (unpaired) electrons. The van der Waals surface area contributed by atoms with E-state index in [9.17, 15) is 9.59 Å². The molecule has 1 saturated heterocycles. The highest BCUT2D eigenvalue weighted by Gasteiger charge is 2.22. The molecule has 166 valence electrons. The maximum Gasteiger partial charge on any atom is 0.291 e. The zero-order valence-corrected chi connectivity index (χ0v) is 19.1. The number of benzene rings is 2. The number of anilines is 2. The summed E-state index contributed by atoms with van der Waals surface area (Å²) in [5.41, 5.74) is 2.35. The normalized spacial score (nSPS) is 13.8. The van der Waals surface area contributed by atoms with Crippen molar-refractivity contribution in [2.45, 2.75) is 13.3 Å². The van der Waals surface area contributed by atoms with Gasteiger partial charge in [0, 0.05) is 38.2 Å². The molecule has 32 heavy (non-hydrogen) atoms. The molecule has 0 atom stereocenters. The van der Waals surface area contributed by atoms with Gasteiger partial charge in [-0.1, -0.05) is 42.3 Å². The van der Waals surface area contributed by atoms with Crippen molar-refractivity contribution in [1.29, 1.82) is 0 Å². The predicted molar refractivity (Wildman–Crippen MR) is 128 cm³/mol.